The first kappa shape index (κ1) is 39.5. The first-order chi connectivity index (χ1) is 35.7. The van der Waals surface area contributed by atoms with Crippen molar-refractivity contribution in [3.8, 4) is 61.3 Å². The maximum absolute atomic E-state index is 5.55. The maximum atomic E-state index is 5.55. The van der Waals surface area contributed by atoms with Gasteiger partial charge in [0.1, 0.15) is 11.2 Å². The third kappa shape index (κ3) is 5.01. The number of rotatable bonds is 5. The van der Waals surface area contributed by atoms with Crippen LogP contribution in [0.15, 0.2) is 261 Å². The molecule has 1 atom stereocenters. The molecule has 0 radical (unpaired) electrons. The molecule has 4 aliphatic rings. The summed E-state index contributed by atoms with van der Waals surface area (Å²) in [4.78, 5) is 8.05. The number of imidazole rings is 1. The van der Waals surface area contributed by atoms with Gasteiger partial charge >= 0.3 is 0 Å². The summed E-state index contributed by atoms with van der Waals surface area (Å²) in [5.74, 6) is 1.04. The SMILES string of the molecule is c1ccc(-c2ccc(N(c3cccc(-c4ccc5c(c4)C4(c6ccccc6-c6ccccc64)c4ccccc4-5)c3)c3cccc4c3-c3ccccc3C43c4ccccc4-n4c3nc3ccccc34)cc2)cc1. The first-order valence-electron chi connectivity index (χ1n) is 25.0. The molecule has 1 aromatic heterocycles. The van der Waals surface area contributed by atoms with Gasteiger partial charge in [0, 0.05) is 16.9 Å². The van der Waals surface area contributed by atoms with E-state index in [9.17, 15) is 0 Å². The van der Waals surface area contributed by atoms with Gasteiger partial charge in [-0.2, -0.15) is 0 Å². The molecule has 1 aliphatic heterocycles. The minimum Gasteiger partial charge on any atom is -0.310 e. The number of hydrogen-bond acceptors (Lipinski definition) is 2. The Morgan fingerprint density at radius 3 is 1.56 bits per heavy atom. The average Bonchev–Trinajstić information content (AvgIpc) is 4.23. The molecule has 334 valence electrons. The molecule has 3 nitrogen and oxygen atoms in total. The third-order valence-electron chi connectivity index (χ3n) is 16.4. The van der Waals surface area contributed by atoms with Crippen LogP contribution in [-0.4, -0.2) is 9.55 Å². The van der Waals surface area contributed by atoms with E-state index >= 15 is 0 Å². The predicted molar refractivity (Wildman–Crippen MR) is 294 cm³/mol. The third-order valence-corrected chi connectivity index (χ3v) is 16.4. The highest BCUT2D eigenvalue weighted by molar-refractivity contribution is 6.00. The molecule has 0 N–H and O–H groups in total. The highest BCUT2D eigenvalue weighted by Gasteiger charge is 2.55. The van der Waals surface area contributed by atoms with Crippen molar-refractivity contribution in [2.45, 2.75) is 10.8 Å². The van der Waals surface area contributed by atoms with Gasteiger partial charge in [-0.1, -0.05) is 206 Å². The summed E-state index contributed by atoms with van der Waals surface area (Å²) in [6.45, 7) is 0. The highest BCUT2D eigenvalue weighted by atomic mass is 15.2. The van der Waals surface area contributed by atoms with Crippen molar-refractivity contribution in [1.29, 1.82) is 0 Å². The molecular weight excluding hydrogens is 871 g/mol. The van der Waals surface area contributed by atoms with Crippen LogP contribution in [0.4, 0.5) is 17.1 Å². The fourth-order valence-electron chi connectivity index (χ4n) is 13.6. The van der Waals surface area contributed by atoms with E-state index in [0.717, 1.165) is 39.5 Å². The minimum absolute atomic E-state index is 0.424. The molecule has 2 heterocycles. The normalized spacial score (nSPS) is 15.4. The van der Waals surface area contributed by atoms with Crippen LogP contribution in [0.1, 0.15) is 44.8 Å². The second-order valence-electron chi connectivity index (χ2n) is 19.7. The van der Waals surface area contributed by atoms with Gasteiger partial charge in [0.2, 0.25) is 0 Å². The van der Waals surface area contributed by atoms with E-state index in [-0.39, 0.29) is 0 Å². The number of para-hydroxylation sites is 3. The Balaban J connectivity index is 0.918. The Kier molecular flexibility index (Phi) is 8.02. The van der Waals surface area contributed by atoms with E-state index < -0.39 is 10.8 Å². The molecule has 0 amide bonds. The largest absolute Gasteiger partial charge is 0.310 e. The van der Waals surface area contributed by atoms with Crippen LogP contribution < -0.4 is 4.90 Å². The van der Waals surface area contributed by atoms with Crippen molar-refractivity contribution in [3.05, 3.63) is 306 Å². The molecule has 16 rings (SSSR count). The molecule has 2 spiro atoms. The van der Waals surface area contributed by atoms with E-state index in [4.69, 9.17) is 4.98 Å². The summed E-state index contributed by atoms with van der Waals surface area (Å²) in [6, 6.07) is 96.9. The van der Waals surface area contributed by atoms with Gasteiger partial charge in [-0.3, -0.25) is 4.57 Å². The van der Waals surface area contributed by atoms with E-state index in [0.29, 0.717) is 0 Å². The second kappa shape index (κ2) is 14.6. The van der Waals surface area contributed by atoms with E-state index in [2.05, 4.69) is 270 Å². The highest BCUT2D eigenvalue weighted by Crippen LogP contribution is 2.65. The van der Waals surface area contributed by atoms with Gasteiger partial charge in [-0.05, 0) is 144 Å². The van der Waals surface area contributed by atoms with E-state index in [1.807, 2.05) is 0 Å². The van der Waals surface area contributed by atoms with Crippen LogP contribution in [0.2, 0.25) is 0 Å². The summed E-state index contributed by atoms with van der Waals surface area (Å²) >= 11 is 0. The van der Waals surface area contributed by atoms with Gasteiger partial charge in [0.05, 0.1) is 27.8 Å². The topological polar surface area (TPSA) is 21.1 Å². The Morgan fingerprint density at radius 2 is 0.833 bits per heavy atom. The van der Waals surface area contributed by atoms with Gasteiger partial charge < -0.3 is 4.90 Å². The predicted octanol–water partition coefficient (Wildman–Crippen LogP) is 16.8. The number of anilines is 3. The zero-order valence-corrected chi connectivity index (χ0v) is 39.2. The molecule has 0 saturated heterocycles. The van der Waals surface area contributed by atoms with Crippen LogP contribution in [-0.2, 0) is 10.8 Å². The monoisotopic (exact) mass is 913 g/mol. The summed E-state index contributed by atoms with van der Waals surface area (Å²) in [7, 11) is 0. The lowest BCUT2D eigenvalue weighted by Gasteiger charge is -2.31. The second-order valence-corrected chi connectivity index (χ2v) is 19.7. The summed E-state index contributed by atoms with van der Waals surface area (Å²) < 4.78 is 2.41. The quantitative estimate of drug-likeness (QED) is 0.172. The van der Waals surface area contributed by atoms with Crippen molar-refractivity contribution in [2.75, 3.05) is 4.90 Å². The Bertz CT molecular complexity index is 4170. The van der Waals surface area contributed by atoms with E-state index in [1.54, 1.807) is 0 Å². The van der Waals surface area contributed by atoms with Gasteiger partial charge in [-0.15, -0.1) is 0 Å². The number of nitrogens with zero attached hydrogens (tertiary/aromatic N) is 3. The van der Waals surface area contributed by atoms with Crippen molar-refractivity contribution in [1.82, 2.24) is 9.55 Å². The Morgan fingerprint density at radius 1 is 0.319 bits per heavy atom. The number of benzene rings is 11. The zero-order valence-electron chi connectivity index (χ0n) is 39.2. The molecule has 12 aromatic rings. The van der Waals surface area contributed by atoms with Crippen LogP contribution in [0, 0.1) is 0 Å². The lowest BCUT2D eigenvalue weighted by atomic mass is 9.70. The zero-order chi connectivity index (χ0) is 47.1. The fourth-order valence-corrected chi connectivity index (χ4v) is 13.6. The van der Waals surface area contributed by atoms with Crippen LogP contribution in [0.25, 0.3) is 72.4 Å². The number of hydrogen-bond donors (Lipinski definition) is 0. The van der Waals surface area contributed by atoms with E-state index in [1.165, 1.54) is 94.7 Å². The summed E-state index contributed by atoms with van der Waals surface area (Å²) in [6.07, 6.45) is 0. The average molecular weight is 914 g/mol. The van der Waals surface area contributed by atoms with Gasteiger partial charge in [-0.25, -0.2) is 4.98 Å². The maximum Gasteiger partial charge on any atom is 0.134 e. The minimum atomic E-state index is -0.627. The Labute approximate surface area is 418 Å². The molecule has 3 heteroatoms. The standard InChI is InChI=1S/C69H43N3/c1-2-18-44(19-3-1)45-36-39-48(40-37-45)71(65-35-17-31-60-66(65)54-25-7-11-29-58(54)69(60)59-30-12-14-33-63(59)72-64-34-15-13-32-62(64)70-67(69)72)49-21-16-20-46(42-49)47-38-41-53-52-24-6-10-28-57(52)68(61(53)43-47)55-26-8-4-22-50(55)51-23-5-9-27-56(51)68/h1-43H. The van der Waals surface area contributed by atoms with Crippen molar-refractivity contribution >= 4 is 28.1 Å². The summed E-state index contributed by atoms with van der Waals surface area (Å²) in [5.41, 5.74) is 27.1. The Hall–Kier alpha value is -9.31. The lowest BCUT2D eigenvalue weighted by molar-refractivity contribution is 0.738. The van der Waals surface area contributed by atoms with Crippen molar-refractivity contribution < 1.29 is 0 Å². The molecule has 0 bridgehead atoms. The molecule has 0 fully saturated rings. The molecule has 1 unspecified atom stereocenters. The molecular formula is C69H43N3. The van der Waals surface area contributed by atoms with Gasteiger partial charge in [0.15, 0.2) is 0 Å². The van der Waals surface area contributed by atoms with Crippen molar-refractivity contribution in [2.24, 2.45) is 0 Å². The molecule has 0 saturated carbocycles. The van der Waals surface area contributed by atoms with Crippen LogP contribution >= 0.6 is 0 Å². The van der Waals surface area contributed by atoms with Crippen molar-refractivity contribution in [3.63, 3.8) is 0 Å². The van der Waals surface area contributed by atoms with Crippen LogP contribution in [0.5, 0.6) is 0 Å². The molecule has 72 heavy (non-hydrogen) atoms. The number of aromatic nitrogens is 2. The lowest BCUT2D eigenvalue weighted by Crippen LogP contribution is -2.27. The smallest absolute Gasteiger partial charge is 0.134 e. The summed E-state index contributed by atoms with van der Waals surface area (Å²) in [5, 5.41) is 0. The van der Waals surface area contributed by atoms with Gasteiger partial charge in [0.25, 0.3) is 0 Å². The molecule has 11 aromatic carbocycles. The molecule has 3 aliphatic carbocycles. The van der Waals surface area contributed by atoms with Crippen LogP contribution in [0.3, 0.4) is 0 Å². The number of fused-ring (bicyclic) bond motifs is 22. The first-order valence-corrected chi connectivity index (χ1v) is 25.0. The fraction of sp³-hybridized carbons (Fsp3) is 0.0290.